The van der Waals surface area contributed by atoms with Crippen LogP contribution in [-0.2, 0) is 16.1 Å². The van der Waals surface area contributed by atoms with E-state index in [1.807, 2.05) is 32.0 Å². The van der Waals surface area contributed by atoms with Crippen LogP contribution in [0, 0.1) is 19.7 Å². The molecule has 0 saturated heterocycles. The summed E-state index contributed by atoms with van der Waals surface area (Å²) in [5.74, 6) is 0.726. The van der Waals surface area contributed by atoms with Gasteiger partial charge in [-0.2, -0.15) is 11.8 Å². The average Bonchev–Trinajstić information content (AvgIpc) is 2.64. The van der Waals surface area contributed by atoms with Crippen LogP contribution in [0.1, 0.15) is 29.5 Å². The predicted octanol–water partition coefficient (Wildman–Crippen LogP) is 4.21. The molecule has 144 valence electrons. The first-order valence-electron chi connectivity index (χ1n) is 8.90. The lowest BCUT2D eigenvalue weighted by atomic mass is 10.1. The Morgan fingerprint density at radius 1 is 1.00 bits per heavy atom. The first kappa shape index (κ1) is 21.0. The van der Waals surface area contributed by atoms with Gasteiger partial charge in [0.2, 0.25) is 11.8 Å². The molecule has 0 aliphatic heterocycles. The van der Waals surface area contributed by atoms with Crippen LogP contribution in [0.4, 0.5) is 10.1 Å². The van der Waals surface area contributed by atoms with Crippen molar-refractivity contribution < 1.29 is 14.0 Å². The minimum absolute atomic E-state index is 0.00578. The Balaban J connectivity index is 1.59. The van der Waals surface area contributed by atoms with Crippen molar-refractivity contribution in [2.75, 3.05) is 16.8 Å². The fourth-order valence-corrected chi connectivity index (χ4v) is 3.35. The van der Waals surface area contributed by atoms with Crippen molar-refractivity contribution in [3.05, 3.63) is 65.0 Å². The molecule has 0 saturated carbocycles. The SMILES string of the molecule is Cc1cccc(C)c1NC(=O)CCCSCC(=O)NCc1ccc(F)cc1. The Hall–Kier alpha value is -2.34. The molecule has 2 amide bonds. The van der Waals surface area contributed by atoms with Gasteiger partial charge in [-0.05, 0) is 54.8 Å². The maximum atomic E-state index is 12.8. The average molecular weight is 389 g/mol. The summed E-state index contributed by atoms with van der Waals surface area (Å²) in [5, 5.41) is 5.77. The summed E-state index contributed by atoms with van der Waals surface area (Å²) in [4.78, 5) is 23.9. The zero-order valence-electron chi connectivity index (χ0n) is 15.7. The number of benzene rings is 2. The van der Waals surface area contributed by atoms with Crippen molar-refractivity contribution in [1.29, 1.82) is 0 Å². The lowest BCUT2D eigenvalue weighted by molar-refractivity contribution is -0.118. The Kier molecular flexibility index (Phi) is 8.33. The van der Waals surface area contributed by atoms with Crippen molar-refractivity contribution in [2.45, 2.75) is 33.2 Å². The molecule has 0 unspecified atom stereocenters. The number of rotatable bonds is 9. The van der Waals surface area contributed by atoms with Gasteiger partial charge in [-0.15, -0.1) is 0 Å². The van der Waals surface area contributed by atoms with E-state index in [4.69, 9.17) is 0 Å². The summed E-state index contributed by atoms with van der Waals surface area (Å²) in [5.41, 5.74) is 3.85. The van der Waals surface area contributed by atoms with Crippen molar-refractivity contribution in [3.63, 3.8) is 0 Å². The van der Waals surface area contributed by atoms with Crippen molar-refractivity contribution in [3.8, 4) is 0 Å². The highest BCUT2D eigenvalue weighted by Crippen LogP contribution is 2.19. The molecule has 0 spiro atoms. The van der Waals surface area contributed by atoms with Crippen LogP contribution in [0.5, 0.6) is 0 Å². The minimum atomic E-state index is -0.290. The molecule has 0 aliphatic rings. The molecule has 2 aromatic rings. The molecule has 4 nitrogen and oxygen atoms in total. The largest absolute Gasteiger partial charge is 0.351 e. The first-order chi connectivity index (χ1) is 13.0. The Labute approximate surface area is 163 Å². The zero-order chi connectivity index (χ0) is 19.6. The predicted molar refractivity (Wildman–Crippen MR) is 109 cm³/mol. The van der Waals surface area contributed by atoms with E-state index in [-0.39, 0.29) is 17.6 Å². The van der Waals surface area contributed by atoms with Gasteiger partial charge in [0.05, 0.1) is 5.75 Å². The minimum Gasteiger partial charge on any atom is -0.351 e. The Bertz CT molecular complexity index is 758. The number of aryl methyl sites for hydroxylation is 2. The van der Waals surface area contributed by atoms with Gasteiger partial charge < -0.3 is 10.6 Å². The van der Waals surface area contributed by atoms with E-state index < -0.39 is 0 Å². The Morgan fingerprint density at radius 3 is 2.33 bits per heavy atom. The summed E-state index contributed by atoms with van der Waals surface area (Å²) < 4.78 is 12.8. The van der Waals surface area contributed by atoms with Gasteiger partial charge in [0.15, 0.2) is 0 Å². The summed E-state index contributed by atoms with van der Waals surface area (Å²) >= 11 is 1.50. The van der Waals surface area contributed by atoms with Gasteiger partial charge in [-0.25, -0.2) is 4.39 Å². The molecule has 0 aliphatic carbocycles. The normalized spacial score (nSPS) is 10.5. The third kappa shape index (κ3) is 7.43. The molecule has 0 heterocycles. The second-order valence-electron chi connectivity index (χ2n) is 6.37. The monoisotopic (exact) mass is 388 g/mol. The molecule has 2 rings (SSSR count). The standard InChI is InChI=1S/C21H25FN2O2S/c1-15-5-3-6-16(2)21(15)24-19(25)7-4-12-27-14-20(26)23-13-17-8-10-18(22)11-9-17/h3,5-6,8-11H,4,7,12-14H2,1-2H3,(H,23,26)(H,24,25). The second kappa shape index (κ2) is 10.7. The van der Waals surface area contributed by atoms with Gasteiger partial charge in [0.1, 0.15) is 5.82 Å². The number of halogens is 1. The van der Waals surface area contributed by atoms with E-state index in [0.717, 1.165) is 28.1 Å². The quantitative estimate of drug-likeness (QED) is 0.633. The van der Waals surface area contributed by atoms with Crippen LogP contribution < -0.4 is 10.6 Å². The number of thioether (sulfide) groups is 1. The zero-order valence-corrected chi connectivity index (χ0v) is 16.5. The van der Waals surface area contributed by atoms with E-state index in [2.05, 4.69) is 10.6 Å². The molecular formula is C21H25FN2O2S. The van der Waals surface area contributed by atoms with Crippen LogP contribution in [0.3, 0.4) is 0 Å². The van der Waals surface area contributed by atoms with Crippen molar-refractivity contribution >= 4 is 29.3 Å². The molecule has 0 bridgehead atoms. The van der Waals surface area contributed by atoms with E-state index in [0.29, 0.717) is 25.1 Å². The van der Waals surface area contributed by atoms with E-state index in [1.54, 1.807) is 12.1 Å². The summed E-state index contributed by atoms with van der Waals surface area (Å²) in [6.07, 6.45) is 1.14. The van der Waals surface area contributed by atoms with Gasteiger partial charge in [0, 0.05) is 18.7 Å². The summed E-state index contributed by atoms with van der Waals surface area (Å²) in [6, 6.07) is 12.0. The number of nitrogens with one attached hydrogen (secondary N) is 2. The summed E-state index contributed by atoms with van der Waals surface area (Å²) in [7, 11) is 0. The Morgan fingerprint density at radius 2 is 1.67 bits per heavy atom. The van der Waals surface area contributed by atoms with Crippen molar-refractivity contribution in [1.82, 2.24) is 5.32 Å². The van der Waals surface area contributed by atoms with Gasteiger partial charge in [0.25, 0.3) is 0 Å². The van der Waals surface area contributed by atoms with Gasteiger partial charge >= 0.3 is 0 Å². The molecule has 0 fully saturated rings. The maximum Gasteiger partial charge on any atom is 0.230 e. The third-order valence-corrected chi connectivity index (χ3v) is 5.12. The number of carbonyl (C=O) groups is 2. The molecule has 6 heteroatoms. The molecule has 0 atom stereocenters. The molecular weight excluding hydrogens is 363 g/mol. The van der Waals surface area contributed by atoms with Crippen molar-refractivity contribution in [2.24, 2.45) is 0 Å². The van der Waals surface area contributed by atoms with E-state index in [1.165, 1.54) is 23.9 Å². The third-order valence-electron chi connectivity index (χ3n) is 4.07. The van der Waals surface area contributed by atoms with Gasteiger partial charge in [-0.1, -0.05) is 30.3 Å². The highest BCUT2D eigenvalue weighted by Gasteiger charge is 2.07. The van der Waals surface area contributed by atoms with Crippen LogP contribution in [0.2, 0.25) is 0 Å². The summed E-state index contributed by atoms with van der Waals surface area (Å²) in [6.45, 7) is 4.34. The van der Waals surface area contributed by atoms with Crippen LogP contribution in [0.25, 0.3) is 0 Å². The molecule has 2 aromatic carbocycles. The number of amides is 2. The van der Waals surface area contributed by atoms with E-state index in [9.17, 15) is 14.0 Å². The lowest BCUT2D eigenvalue weighted by Crippen LogP contribution is -2.24. The number of hydrogen-bond donors (Lipinski definition) is 2. The van der Waals surface area contributed by atoms with Crippen LogP contribution in [-0.4, -0.2) is 23.3 Å². The van der Waals surface area contributed by atoms with Gasteiger partial charge in [-0.3, -0.25) is 9.59 Å². The van der Waals surface area contributed by atoms with E-state index >= 15 is 0 Å². The number of carbonyl (C=O) groups excluding carboxylic acids is 2. The highest BCUT2D eigenvalue weighted by atomic mass is 32.2. The smallest absolute Gasteiger partial charge is 0.230 e. The number of anilines is 1. The topological polar surface area (TPSA) is 58.2 Å². The number of para-hydroxylation sites is 1. The maximum absolute atomic E-state index is 12.8. The highest BCUT2D eigenvalue weighted by molar-refractivity contribution is 7.99. The molecule has 0 aromatic heterocycles. The number of hydrogen-bond acceptors (Lipinski definition) is 3. The molecule has 0 radical (unpaired) electrons. The van der Waals surface area contributed by atoms with Crippen LogP contribution in [0.15, 0.2) is 42.5 Å². The fourth-order valence-electron chi connectivity index (χ4n) is 2.57. The molecule has 27 heavy (non-hydrogen) atoms. The molecule has 2 N–H and O–H groups in total. The van der Waals surface area contributed by atoms with Crippen LogP contribution >= 0.6 is 11.8 Å². The lowest BCUT2D eigenvalue weighted by Gasteiger charge is -2.11. The fraction of sp³-hybridized carbons (Fsp3) is 0.333. The second-order valence-corrected chi connectivity index (χ2v) is 7.48. The first-order valence-corrected chi connectivity index (χ1v) is 10.1.